The molecule has 0 bridgehead atoms. The summed E-state index contributed by atoms with van der Waals surface area (Å²) in [5.74, 6) is 0.263. The van der Waals surface area contributed by atoms with Gasteiger partial charge in [-0.3, -0.25) is 9.69 Å². The van der Waals surface area contributed by atoms with Gasteiger partial charge in [0.2, 0.25) is 0 Å². The van der Waals surface area contributed by atoms with Gasteiger partial charge in [0.25, 0.3) is 5.91 Å². The molecule has 0 spiro atoms. The monoisotopic (exact) mass is 479 g/mol. The number of ether oxygens (including phenoxy) is 1. The van der Waals surface area contributed by atoms with E-state index in [-0.39, 0.29) is 11.7 Å². The summed E-state index contributed by atoms with van der Waals surface area (Å²) in [6.07, 6.45) is 2.52. The van der Waals surface area contributed by atoms with E-state index in [2.05, 4.69) is 21.4 Å². The van der Waals surface area contributed by atoms with Crippen LogP contribution in [0, 0.1) is 24.1 Å². The number of nitriles is 1. The summed E-state index contributed by atoms with van der Waals surface area (Å²) < 4.78 is 20.2. The van der Waals surface area contributed by atoms with Crippen molar-refractivity contribution >= 4 is 23.4 Å². The summed E-state index contributed by atoms with van der Waals surface area (Å²) in [5.41, 5.74) is 2.79. The van der Waals surface area contributed by atoms with Gasteiger partial charge < -0.3 is 10.1 Å². The van der Waals surface area contributed by atoms with Gasteiger partial charge in [-0.15, -0.1) is 11.8 Å². The summed E-state index contributed by atoms with van der Waals surface area (Å²) in [5, 5.41) is 16.7. The Kier molecular flexibility index (Phi) is 7.95. The highest BCUT2D eigenvalue weighted by Crippen LogP contribution is 2.26. The standard InChI is InChI=1S/C25H26FN5O2S/c1-18-23(17-28-31(18)22-6-3-20(26)4-7-22)25(32)29-21-5-8-24(19(15-21)16-27)34-14-2-9-30-10-12-33-13-11-30/h3-8,15,17H,2,9-14H2,1H3,(H,29,32). The molecule has 9 heteroatoms. The molecule has 1 fully saturated rings. The first-order chi connectivity index (χ1) is 16.5. The van der Waals surface area contributed by atoms with E-state index >= 15 is 0 Å². The maximum Gasteiger partial charge on any atom is 0.259 e. The number of anilines is 1. The van der Waals surface area contributed by atoms with Gasteiger partial charge in [-0.25, -0.2) is 9.07 Å². The van der Waals surface area contributed by atoms with Crippen LogP contribution in [0.4, 0.5) is 10.1 Å². The molecule has 3 aromatic rings. The summed E-state index contributed by atoms with van der Waals surface area (Å²) in [6.45, 7) is 6.35. The molecule has 7 nitrogen and oxygen atoms in total. The second-order valence-electron chi connectivity index (χ2n) is 7.96. The minimum Gasteiger partial charge on any atom is -0.379 e. The maximum atomic E-state index is 13.2. The molecule has 0 aliphatic carbocycles. The Bertz CT molecular complexity index is 1180. The van der Waals surface area contributed by atoms with Crippen LogP contribution in [0.2, 0.25) is 0 Å². The number of carbonyl (C=O) groups is 1. The molecule has 2 aromatic carbocycles. The number of benzene rings is 2. The molecule has 176 valence electrons. The number of hydrogen-bond donors (Lipinski definition) is 1. The first kappa shape index (κ1) is 24.0. The number of thioether (sulfide) groups is 1. The Hall–Kier alpha value is -3.19. The highest BCUT2D eigenvalue weighted by molar-refractivity contribution is 7.99. The second kappa shape index (κ2) is 11.3. The van der Waals surface area contributed by atoms with Crippen LogP contribution in [-0.2, 0) is 4.74 Å². The van der Waals surface area contributed by atoms with Crippen molar-refractivity contribution in [3.8, 4) is 11.8 Å². The maximum absolute atomic E-state index is 13.2. The minimum absolute atomic E-state index is 0.319. The van der Waals surface area contributed by atoms with Crippen molar-refractivity contribution in [1.82, 2.24) is 14.7 Å². The quantitative estimate of drug-likeness (QED) is 0.384. The van der Waals surface area contributed by atoms with Gasteiger partial charge in [0, 0.05) is 23.7 Å². The average molecular weight is 480 g/mol. The van der Waals surface area contributed by atoms with Crippen molar-refractivity contribution in [1.29, 1.82) is 5.26 Å². The van der Waals surface area contributed by atoms with Crippen LogP contribution in [0.3, 0.4) is 0 Å². The molecule has 0 atom stereocenters. The van der Waals surface area contributed by atoms with Crippen molar-refractivity contribution in [2.24, 2.45) is 0 Å². The van der Waals surface area contributed by atoms with Gasteiger partial charge in [0.05, 0.1) is 41.9 Å². The third kappa shape index (κ3) is 5.83. The lowest BCUT2D eigenvalue weighted by Crippen LogP contribution is -2.36. The predicted molar refractivity (Wildman–Crippen MR) is 130 cm³/mol. The number of halogens is 1. The van der Waals surface area contributed by atoms with Crippen LogP contribution in [0.25, 0.3) is 5.69 Å². The Labute approximate surface area is 202 Å². The van der Waals surface area contributed by atoms with Gasteiger partial charge in [0.15, 0.2) is 0 Å². The molecule has 1 N–H and O–H groups in total. The zero-order valence-corrected chi connectivity index (χ0v) is 19.8. The van der Waals surface area contributed by atoms with E-state index in [0.717, 1.165) is 49.9 Å². The Morgan fingerprint density at radius 3 is 2.74 bits per heavy atom. The van der Waals surface area contributed by atoms with Gasteiger partial charge in [0.1, 0.15) is 11.9 Å². The second-order valence-corrected chi connectivity index (χ2v) is 9.10. The van der Waals surface area contributed by atoms with E-state index in [1.54, 1.807) is 41.6 Å². The van der Waals surface area contributed by atoms with Crippen LogP contribution < -0.4 is 5.32 Å². The van der Waals surface area contributed by atoms with E-state index in [1.165, 1.54) is 18.3 Å². The normalized spacial score (nSPS) is 14.0. The zero-order chi connectivity index (χ0) is 23.9. The van der Waals surface area contributed by atoms with Crippen molar-refractivity contribution in [3.05, 3.63) is 71.3 Å². The summed E-state index contributed by atoms with van der Waals surface area (Å²) in [6, 6.07) is 13.5. The number of nitrogens with zero attached hydrogens (tertiary/aromatic N) is 4. The highest BCUT2D eigenvalue weighted by Gasteiger charge is 2.16. The Morgan fingerprint density at radius 1 is 1.24 bits per heavy atom. The van der Waals surface area contributed by atoms with Crippen molar-refractivity contribution < 1.29 is 13.9 Å². The van der Waals surface area contributed by atoms with E-state index < -0.39 is 0 Å². The predicted octanol–water partition coefficient (Wildman–Crippen LogP) is 4.26. The lowest BCUT2D eigenvalue weighted by atomic mass is 10.2. The first-order valence-corrected chi connectivity index (χ1v) is 12.1. The number of morpholine rings is 1. The van der Waals surface area contributed by atoms with Crippen LogP contribution in [0.5, 0.6) is 0 Å². The Morgan fingerprint density at radius 2 is 2.00 bits per heavy atom. The lowest BCUT2D eigenvalue weighted by molar-refractivity contribution is 0.0381. The number of hydrogen-bond acceptors (Lipinski definition) is 6. The number of amides is 1. The third-order valence-corrected chi connectivity index (χ3v) is 6.82. The third-order valence-electron chi connectivity index (χ3n) is 5.66. The molecular formula is C25H26FN5O2S. The molecule has 2 heterocycles. The molecule has 1 aliphatic heterocycles. The van der Waals surface area contributed by atoms with E-state index in [0.29, 0.717) is 28.2 Å². The van der Waals surface area contributed by atoms with Crippen molar-refractivity contribution in [2.75, 3.05) is 43.9 Å². The highest BCUT2D eigenvalue weighted by atomic mass is 32.2. The van der Waals surface area contributed by atoms with Gasteiger partial charge >= 0.3 is 0 Å². The molecule has 1 aliphatic rings. The molecular weight excluding hydrogens is 453 g/mol. The molecule has 0 unspecified atom stereocenters. The number of aromatic nitrogens is 2. The van der Waals surface area contributed by atoms with Crippen molar-refractivity contribution in [2.45, 2.75) is 18.2 Å². The van der Waals surface area contributed by atoms with E-state index in [1.807, 2.05) is 12.1 Å². The fraction of sp³-hybridized carbons (Fsp3) is 0.320. The minimum atomic E-state index is -0.335. The van der Waals surface area contributed by atoms with Gasteiger partial charge in [-0.2, -0.15) is 10.4 Å². The molecule has 1 amide bonds. The number of nitrogens with one attached hydrogen (secondary N) is 1. The van der Waals surface area contributed by atoms with Gasteiger partial charge in [-0.05, 0) is 68.1 Å². The fourth-order valence-corrected chi connectivity index (χ4v) is 4.71. The number of carbonyl (C=O) groups excluding carboxylic acids is 1. The molecule has 34 heavy (non-hydrogen) atoms. The SMILES string of the molecule is Cc1c(C(=O)Nc2ccc(SCCCN3CCOCC3)c(C#N)c2)cnn1-c1ccc(F)cc1. The largest absolute Gasteiger partial charge is 0.379 e. The fourth-order valence-electron chi connectivity index (χ4n) is 3.79. The van der Waals surface area contributed by atoms with E-state index in [4.69, 9.17) is 4.74 Å². The molecule has 1 aromatic heterocycles. The number of rotatable bonds is 8. The first-order valence-electron chi connectivity index (χ1n) is 11.1. The molecule has 1 saturated heterocycles. The molecule has 0 radical (unpaired) electrons. The zero-order valence-electron chi connectivity index (χ0n) is 19.0. The van der Waals surface area contributed by atoms with Crippen LogP contribution >= 0.6 is 11.8 Å². The lowest BCUT2D eigenvalue weighted by Gasteiger charge is -2.26. The van der Waals surface area contributed by atoms with Gasteiger partial charge in [-0.1, -0.05) is 0 Å². The molecule has 0 saturated carbocycles. The summed E-state index contributed by atoms with van der Waals surface area (Å²) in [7, 11) is 0. The topological polar surface area (TPSA) is 83.2 Å². The Balaban J connectivity index is 1.37. The van der Waals surface area contributed by atoms with Crippen LogP contribution in [0.15, 0.2) is 53.6 Å². The average Bonchev–Trinajstić information content (AvgIpc) is 3.25. The summed E-state index contributed by atoms with van der Waals surface area (Å²) in [4.78, 5) is 16.2. The van der Waals surface area contributed by atoms with E-state index in [9.17, 15) is 14.4 Å². The smallest absolute Gasteiger partial charge is 0.259 e. The van der Waals surface area contributed by atoms with Crippen LogP contribution in [0.1, 0.15) is 28.0 Å². The summed E-state index contributed by atoms with van der Waals surface area (Å²) >= 11 is 1.66. The van der Waals surface area contributed by atoms with Crippen LogP contribution in [-0.4, -0.2) is 59.2 Å². The molecule has 4 rings (SSSR count). The van der Waals surface area contributed by atoms with Crippen molar-refractivity contribution in [3.63, 3.8) is 0 Å².